The number of hydrogen-bond donors (Lipinski definition) is 1. The Morgan fingerprint density at radius 2 is 1.90 bits per heavy atom. The van der Waals surface area contributed by atoms with Crippen LogP contribution in [0.2, 0.25) is 5.02 Å². The molecule has 0 unspecified atom stereocenters. The zero-order chi connectivity index (χ0) is 21.5. The molecule has 0 spiro atoms. The Bertz CT molecular complexity index is 931. The molecule has 1 amide bonds. The first kappa shape index (κ1) is 20.9. The van der Waals surface area contributed by atoms with E-state index in [9.17, 15) is 13.6 Å². The van der Waals surface area contributed by atoms with Gasteiger partial charge in [-0.05, 0) is 30.0 Å². The number of carbonyl (C=O) groups is 1. The van der Waals surface area contributed by atoms with Crippen LogP contribution in [0.15, 0.2) is 30.6 Å². The maximum Gasteiger partial charge on any atom is 0.290 e. The molecule has 2 N–H and O–H groups in total. The number of rotatable bonds is 4. The van der Waals surface area contributed by atoms with E-state index in [0.29, 0.717) is 49.0 Å². The summed E-state index contributed by atoms with van der Waals surface area (Å²) in [5.41, 5.74) is 7.46. The SMILES string of the molecule is C[C@@H]1CC(F)(F)c2ncnc(N3CCN(C(=O)[C@H](N)Cc4ccc(Cl)cc4)CC3)c21. The number of nitrogens with zero attached hydrogens (tertiary/aromatic N) is 4. The molecule has 1 saturated heterocycles. The Hall–Kier alpha value is -2.32. The van der Waals surface area contributed by atoms with E-state index in [0.717, 1.165) is 5.56 Å². The molecule has 1 aliphatic carbocycles. The van der Waals surface area contributed by atoms with Crippen molar-refractivity contribution < 1.29 is 13.6 Å². The fraction of sp³-hybridized carbons (Fsp3) is 0.476. The van der Waals surface area contributed by atoms with E-state index in [1.165, 1.54) is 6.33 Å². The zero-order valence-corrected chi connectivity index (χ0v) is 17.4. The average molecular weight is 436 g/mol. The number of anilines is 1. The summed E-state index contributed by atoms with van der Waals surface area (Å²) in [5, 5.41) is 0.637. The molecule has 0 bridgehead atoms. The normalized spacial score (nSPS) is 21.4. The van der Waals surface area contributed by atoms with Crippen LogP contribution in [-0.4, -0.2) is 53.0 Å². The van der Waals surface area contributed by atoms with Gasteiger partial charge in [0.15, 0.2) is 0 Å². The molecule has 2 aliphatic rings. The Morgan fingerprint density at radius 3 is 2.57 bits per heavy atom. The highest BCUT2D eigenvalue weighted by Crippen LogP contribution is 2.49. The second kappa shape index (κ2) is 8.07. The van der Waals surface area contributed by atoms with Gasteiger partial charge in [0.05, 0.1) is 6.04 Å². The fourth-order valence-corrected chi connectivity index (χ4v) is 4.43. The highest BCUT2D eigenvalue weighted by molar-refractivity contribution is 6.30. The van der Waals surface area contributed by atoms with Crippen molar-refractivity contribution in [1.82, 2.24) is 14.9 Å². The molecule has 1 aromatic heterocycles. The van der Waals surface area contributed by atoms with Gasteiger partial charge in [-0.3, -0.25) is 4.79 Å². The second-order valence-corrected chi connectivity index (χ2v) is 8.46. The minimum Gasteiger partial charge on any atom is -0.353 e. The van der Waals surface area contributed by atoms with Crippen LogP contribution in [0.25, 0.3) is 0 Å². The topological polar surface area (TPSA) is 75.4 Å². The number of aromatic nitrogens is 2. The number of nitrogens with two attached hydrogens (primary N) is 1. The quantitative estimate of drug-likeness (QED) is 0.799. The molecule has 1 fully saturated rings. The van der Waals surface area contributed by atoms with Crippen LogP contribution in [0.4, 0.5) is 14.6 Å². The first-order chi connectivity index (χ1) is 14.3. The van der Waals surface area contributed by atoms with Gasteiger partial charge in [-0.25, -0.2) is 9.97 Å². The molecule has 160 valence electrons. The molecular weight excluding hydrogens is 412 g/mol. The third-order valence-corrected chi connectivity index (χ3v) is 6.09. The van der Waals surface area contributed by atoms with Crippen molar-refractivity contribution in [3.8, 4) is 0 Å². The van der Waals surface area contributed by atoms with Crippen LogP contribution >= 0.6 is 11.6 Å². The number of piperazine rings is 1. The van der Waals surface area contributed by atoms with Crippen molar-refractivity contribution in [2.45, 2.75) is 37.6 Å². The van der Waals surface area contributed by atoms with Gasteiger partial charge in [-0.2, -0.15) is 8.78 Å². The smallest absolute Gasteiger partial charge is 0.290 e. The lowest BCUT2D eigenvalue weighted by molar-refractivity contribution is -0.132. The van der Waals surface area contributed by atoms with Crippen LogP contribution in [0.5, 0.6) is 0 Å². The fourth-order valence-electron chi connectivity index (χ4n) is 4.30. The maximum atomic E-state index is 14.2. The number of alkyl halides is 2. The van der Waals surface area contributed by atoms with Crippen molar-refractivity contribution in [3.05, 3.63) is 52.4 Å². The molecule has 2 heterocycles. The Balaban J connectivity index is 1.40. The molecular formula is C21H24ClF2N5O. The molecule has 2 atom stereocenters. The summed E-state index contributed by atoms with van der Waals surface area (Å²) < 4.78 is 28.4. The third-order valence-electron chi connectivity index (χ3n) is 5.84. The summed E-state index contributed by atoms with van der Waals surface area (Å²) in [4.78, 5) is 24.6. The number of benzene rings is 1. The van der Waals surface area contributed by atoms with Gasteiger partial charge in [-0.15, -0.1) is 0 Å². The average Bonchev–Trinajstić information content (AvgIpc) is 2.98. The van der Waals surface area contributed by atoms with Crippen LogP contribution in [0.1, 0.15) is 36.1 Å². The van der Waals surface area contributed by atoms with Gasteiger partial charge in [0.2, 0.25) is 5.91 Å². The van der Waals surface area contributed by atoms with Crippen molar-refractivity contribution in [2.24, 2.45) is 5.73 Å². The lowest BCUT2D eigenvalue weighted by Gasteiger charge is -2.37. The highest BCUT2D eigenvalue weighted by Gasteiger charge is 2.47. The molecule has 9 heteroatoms. The van der Waals surface area contributed by atoms with Crippen molar-refractivity contribution >= 4 is 23.3 Å². The summed E-state index contributed by atoms with van der Waals surface area (Å²) >= 11 is 5.89. The molecule has 0 saturated carbocycles. The first-order valence-corrected chi connectivity index (χ1v) is 10.4. The van der Waals surface area contributed by atoms with E-state index >= 15 is 0 Å². The minimum atomic E-state index is -2.92. The van der Waals surface area contributed by atoms with E-state index in [-0.39, 0.29) is 23.9 Å². The van der Waals surface area contributed by atoms with Gasteiger partial charge in [0, 0.05) is 43.2 Å². The van der Waals surface area contributed by atoms with E-state index in [1.807, 2.05) is 17.0 Å². The van der Waals surface area contributed by atoms with Gasteiger partial charge in [0.25, 0.3) is 5.92 Å². The summed E-state index contributed by atoms with van der Waals surface area (Å²) in [6, 6.07) is 6.63. The van der Waals surface area contributed by atoms with Crippen LogP contribution < -0.4 is 10.6 Å². The van der Waals surface area contributed by atoms with E-state index in [2.05, 4.69) is 9.97 Å². The summed E-state index contributed by atoms with van der Waals surface area (Å²) in [6.45, 7) is 3.75. The maximum absolute atomic E-state index is 14.2. The van der Waals surface area contributed by atoms with Gasteiger partial charge in [-0.1, -0.05) is 30.7 Å². The number of fused-ring (bicyclic) bond motifs is 1. The summed E-state index contributed by atoms with van der Waals surface area (Å²) in [6.07, 6.45) is 1.40. The van der Waals surface area contributed by atoms with Gasteiger partial charge in [0.1, 0.15) is 17.8 Å². The van der Waals surface area contributed by atoms with Crippen molar-refractivity contribution in [3.63, 3.8) is 0 Å². The predicted molar refractivity (Wildman–Crippen MR) is 111 cm³/mol. The Kier molecular flexibility index (Phi) is 5.63. The monoisotopic (exact) mass is 435 g/mol. The van der Waals surface area contributed by atoms with Gasteiger partial charge < -0.3 is 15.5 Å². The second-order valence-electron chi connectivity index (χ2n) is 8.02. The lowest BCUT2D eigenvalue weighted by Crippen LogP contribution is -2.54. The predicted octanol–water partition coefficient (Wildman–Crippen LogP) is 2.95. The molecule has 30 heavy (non-hydrogen) atoms. The number of carbonyl (C=O) groups excluding carboxylic acids is 1. The summed E-state index contributed by atoms with van der Waals surface area (Å²) in [5.74, 6) is -2.78. The van der Waals surface area contributed by atoms with Crippen LogP contribution in [0, 0.1) is 0 Å². The Labute approximate surface area is 179 Å². The van der Waals surface area contributed by atoms with Crippen LogP contribution in [-0.2, 0) is 17.1 Å². The molecule has 1 aliphatic heterocycles. The number of amides is 1. The van der Waals surface area contributed by atoms with E-state index in [1.54, 1.807) is 24.0 Å². The van der Waals surface area contributed by atoms with Gasteiger partial charge >= 0.3 is 0 Å². The molecule has 4 rings (SSSR count). The molecule has 1 aromatic carbocycles. The number of hydrogen-bond acceptors (Lipinski definition) is 5. The lowest BCUT2D eigenvalue weighted by atomic mass is 10.0. The number of halogens is 3. The van der Waals surface area contributed by atoms with Crippen molar-refractivity contribution in [2.75, 3.05) is 31.1 Å². The highest BCUT2D eigenvalue weighted by atomic mass is 35.5. The Morgan fingerprint density at radius 1 is 1.23 bits per heavy atom. The zero-order valence-electron chi connectivity index (χ0n) is 16.7. The molecule has 0 radical (unpaired) electrons. The largest absolute Gasteiger partial charge is 0.353 e. The minimum absolute atomic E-state index is 0.114. The third kappa shape index (κ3) is 3.98. The van der Waals surface area contributed by atoms with E-state index in [4.69, 9.17) is 17.3 Å². The van der Waals surface area contributed by atoms with Crippen LogP contribution in [0.3, 0.4) is 0 Å². The summed E-state index contributed by atoms with van der Waals surface area (Å²) in [7, 11) is 0. The standard InChI is InChI=1S/C21H24ClF2N5O/c1-13-11-21(23,24)18-17(13)19(27-12-26-18)28-6-8-29(9-7-28)20(30)16(25)10-14-2-4-15(22)5-3-14/h2-5,12-13,16H,6-11,25H2,1H3/t13-,16-/m1/s1. The van der Waals surface area contributed by atoms with E-state index < -0.39 is 12.0 Å². The molecule has 6 nitrogen and oxygen atoms in total. The van der Waals surface area contributed by atoms with Crippen molar-refractivity contribution in [1.29, 1.82) is 0 Å². The molecule has 2 aromatic rings. The first-order valence-electron chi connectivity index (χ1n) is 10.0.